The summed E-state index contributed by atoms with van der Waals surface area (Å²) in [7, 11) is 5.75. The van der Waals surface area contributed by atoms with Gasteiger partial charge in [-0.3, -0.25) is 9.59 Å². The van der Waals surface area contributed by atoms with E-state index >= 15 is 0 Å². The van der Waals surface area contributed by atoms with Crippen molar-refractivity contribution in [3.05, 3.63) is 65.7 Å². The number of benzene rings is 2. The maximum absolute atomic E-state index is 12.5. The molecule has 2 amide bonds. The van der Waals surface area contributed by atoms with Crippen molar-refractivity contribution in [1.82, 2.24) is 10.2 Å². The van der Waals surface area contributed by atoms with Crippen LogP contribution in [-0.2, 0) is 0 Å². The van der Waals surface area contributed by atoms with Crippen LogP contribution in [0.25, 0.3) is 0 Å². The fourth-order valence-electron chi connectivity index (χ4n) is 2.43. The Morgan fingerprint density at radius 2 is 1.48 bits per heavy atom. The molecule has 132 valence electrons. The van der Waals surface area contributed by atoms with E-state index in [4.69, 9.17) is 0 Å². The quantitative estimate of drug-likeness (QED) is 0.789. The predicted molar refractivity (Wildman–Crippen MR) is 101 cm³/mol. The summed E-state index contributed by atoms with van der Waals surface area (Å²) < 4.78 is 0. The molecule has 0 fully saturated rings. The molecule has 5 nitrogen and oxygen atoms in total. The van der Waals surface area contributed by atoms with E-state index in [0.717, 1.165) is 18.7 Å². The van der Waals surface area contributed by atoms with Crippen molar-refractivity contribution in [2.24, 2.45) is 0 Å². The summed E-state index contributed by atoms with van der Waals surface area (Å²) in [4.78, 5) is 28.3. The lowest BCUT2D eigenvalue weighted by Gasteiger charge is -2.17. The van der Waals surface area contributed by atoms with Crippen molar-refractivity contribution in [1.29, 1.82) is 0 Å². The first kappa shape index (κ1) is 18.7. The van der Waals surface area contributed by atoms with Gasteiger partial charge in [-0.1, -0.05) is 18.2 Å². The molecule has 25 heavy (non-hydrogen) atoms. The van der Waals surface area contributed by atoms with Crippen molar-refractivity contribution in [2.45, 2.75) is 6.42 Å². The summed E-state index contributed by atoms with van der Waals surface area (Å²) in [5.41, 5.74) is 1.94. The maximum Gasteiger partial charge on any atom is 0.258 e. The van der Waals surface area contributed by atoms with Gasteiger partial charge in [0.15, 0.2) is 0 Å². The van der Waals surface area contributed by atoms with Gasteiger partial charge in [-0.15, -0.1) is 0 Å². The van der Waals surface area contributed by atoms with Gasteiger partial charge in [0.1, 0.15) is 0 Å². The van der Waals surface area contributed by atoms with E-state index in [1.54, 1.807) is 36.2 Å². The van der Waals surface area contributed by atoms with Gasteiger partial charge in [0.25, 0.3) is 11.8 Å². The Hall–Kier alpha value is -2.66. The number of carbonyl (C=O) groups is 2. The largest absolute Gasteiger partial charge is 0.352 e. The number of carbonyl (C=O) groups excluding carboxylic acids is 2. The van der Waals surface area contributed by atoms with Crippen LogP contribution in [0.4, 0.5) is 5.69 Å². The van der Waals surface area contributed by atoms with E-state index in [-0.39, 0.29) is 11.8 Å². The first-order valence-corrected chi connectivity index (χ1v) is 8.35. The van der Waals surface area contributed by atoms with Crippen molar-refractivity contribution < 1.29 is 9.59 Å². The number of para-hydroxylation sites is 1. The molecule has 0 saturated carbocycles. The molecule has 2 aromatic carbocycles. The number of hydrogen-bond donors (Lipinski definition) is 1. The van der Waals surface area contributed by atoms with Crippen LogP contribution in [0.3, 0.4) is 0 Å². The van der Waals surface area contributed by atoms with Crippen molar-refractivity contribution in [2.75, 3.05) is 39.1 Å². The highest BCUT2D eigenvalue weighted by molar-refractivity contribution is 6.06. The topological polar surface area (TPSA) is 52.7 Å². The zero-order valence-corrected chi connectivity index (χ0v) is 15.0. The summed E-state index contributed by atoms with van der Waals surface area (Å²) in [5, 5.41) is 2.89. The molecule has 0 aliphatic carbocycles. The molecule has 2 rings (SSSR count). The monoisotopic (exact) mass is 339 g/mol. The van der Waals surface area contributed by atoms with Crippen LogP contribution < -0.4 is 10.2 Å². The number of amides is 2. The Morgan fingerprint density at radius 3 is 2.08 bits per heavy atom. The lowest BCUT2D eigenvalue weighted by atomic mass is 10.1. The number of nitrogens with one attached hydrogen (secondary N) is 1. The minimum atomic E-state index is -0.117. The predicted octanol–water partition coefficient (Wildman–Crippen LogP) is 2.64. The van der Waals surface area contributed by atoms with Crippen molar-refractivity contribution >= 4 is 17.5 Å². The zero-order valence-electron chi connectivity index (χ0n) is 15.0. The molecule has 0 spiro atoms. The zero-order chi connectivity index (χ0) is 18.2. The number of anilines is 1. The summed E-state index contributed by atoms with van der Waals surface area (Å²) in [5.74, 6) is -0.224. The third-order valence-electron chi connectivity index (χ3n) is 3.91. The second kappa shape index (κ2) is 8.99. The lowest BCUT2D eigenvalue weighted by Crippen LogP contribution is -2.28. The normalized spacial score (nSPS) is 10.6. The second-order valence-corrected chi connectivity index (χ2v) is 6.19. The average molecular weight is 339 g/mol. The highest BCUT2D eigenvalue weighted by Crippen LogP contribution is 2.15. The van der Waals surface area contributed by atoms with E-state index < -0.39 is 0 Å². The molecule has 5 heteroatoms. The molecule has 0 aliphatic heterocycles. The SMILES string of the molecule is CN(C)CCCNC(=O)c1ccc(C(=O)N(C)c2ccccc2)cc1. The Labute approximate surface area is 149 Å². The van der Waals surface area contributed by atoms with E-state index in [1.807, 2.05) is 44.4 Å². The van der Waals surface area contributed by atoms with Gasteiger partial charge in [0.05, 0.1) is 0 Å². The fourth-order valence-corrected chi connectivity index (χ4v) is 2.43. The standard InChI is InChI=1S/C20H25N3O2/c1-22(2)15-7-14-21-19(24)16-10-12-17(13-11-16)20(25)23(3)18-8-5-4-6-9-18/h4-6,8-13H,7,14-15H2,1-3H3,(H,21,24). The molecule has 0 atom stereocenters. The average Bonchev–Trinajstić information content (AvgIpc) is 2.64. The number of hydrogen-bond acceptors (Lipinski definition) is 3. The first-order chi connectivity index (χ1) is 12.0. The van der Waals surface area contributed by atoms with Crippen LogP contribution >= 0.6 is 0 Å². The summed E-state index contributed by atoms with van der Waals surface area (Å²) in [6.07, 6.45) is 0.900. The van der Waals surface area contributed by atoms with Crippen LogP contribution in [0.5, 0.6) is 0 Å². The summed E-state index contributed by atoms with van der Waals surface area (Å²) >= 11 is 0. The number of nitrogens with zero attached hydrogens (tertiary/aromatic N) is 2. The Balaban J connectivity index is 1.95. The minimum absolute atomic E-state index is 0.107. The first-order valence-electron chi connectivity index (χ1n) is 8.35. The van der Waals surface area contributed by atoms with E-state index in [1.165, 1.54) is 0 Å². The van der Waals surface area contributed by atoms with Crippen LogP contribution in [0.2, 0.25) is 0 Å². The third kappa shape index (κ3) is 5.43. The third-order valence-corrected chi connectivity index (χ3v) is 3.91. The van der Waals surface area contributed by atoms with Gasteiger partial charge in [0, 0.05) is 30.4 Å². The fraction of sp³-hybridized carbons (Fsp3) is 0.300. The van der Waals surface area contributed by atoms with Gasteiger partial charge < -0.3 is 15.1 Å². The molecule has 0 aliphatic rings. The van der Waals surface area contributed by atoms with E-state index in [0.29, 0.717) is 17.7 Å². The smallest absolute Gasteiger partial charge is 0.258 e. The Bertz CT molecular complexity index is 697. The van der Waals surface area contributed by atoms with Gasteiger partial charge in [-0.05, 0) is 63.5 Å². The molecule has 0 bridgehead atoms. The lowest BCUT2D eigenvalue weighted by molar-refractivity contribution is 0.0949. The molecule has 0 unspecified atom stereocenters. The van der Waals surface area contributed by atoms with E-state index in [9.17, 15) is 9.59 Å². The molecule has 1 N–H and O–H groups in total. The van der Waals surface area contributed by atoms with Crippen LogP contribution in [-0.4, -0.2) is 50.9 Å². The molecular formula is C20H25N3O2. The molecule has 0 aromatic heterocycles. The molecule has 0 radical (unpaired) electrons. The van der Waals surface area contributed by atoms with Crippen molar-refractivity contribution in [3.8, 4) is 0 Å². The molecular weight excluding hydrogens is 314 g/mol. The minimum Gasteiger partial charge on any atom is -0.352 e. The summed E-state index contributed by atoms with van der Waals surface area (Å²) in [6, 6.07) is 16.2. The van der Waals surface area contributed by atoms with Gasteiger partial charge in [-0.2, -0.15) is 0 Å². The highest BCUT2D eigenvalue weighted by Gasteiger charge is 2.14. The van der Waals surface area contributed by atoms with E-state index in [2.05, 4.69) is 10.2 Å². The van der Waals surface area contributed by atoms with Crippen molar-refractivity contribution in [3.63, 3.8) is 0 Å². The van der Waals surface area contributed by atoms with Gasteiger partial charge in [-0.25, -0.2) is 0 Å². The number of rotatable bonds is 7. The highest BCUT2D eigenvalue weighted by atomic mass is 16.2. The Morgan fingerprint density at radius 1 is 0.880 bits per heavy atom. The van der Waals surface area contributed by atoms with Crippen LogP contribution in [0.1, 0.15) is 27.1 Å². The van der Waals surface area contributed by atoms with Crippen LogP contribution in [0, 0.1) is 0 Å². The van der Waals surface area contributed by atoms with Gasteiger partial charge in [0.2, 0.25) is 0 Å². The molecule has 0 saturated heterocycles. The second-order valence-electron chi connectivity index (χ2n) is 6.19. The Kier molecular flexibility index (Phi) is 6.71. The molecule has 0 heterocycles. The van der Waals surface area contributed by atoms with Gasteiger partial charge >= 0.3 is 0 Å². The van der Waals surface area contributed by atoms with Crippen LogP contribution in [0.15, 0.2) is 54.6 Å². The molecule has 2 aromatic rings. The maximum atomic E-state index is 12.5. The summed E-state index contributed by atoms with van der Waals surface area (Å²) in [6.45, 7) is 1.56.